The van der Waals surface area contributed by atoms with Crippen molar-refractivity contribution in [3.63, 3.8) is 0 Å². The maximum absolute atomic E-state index is 12.2. The molecule has 1 aliphatic heterocycles. The summed E-state index contributed by atoms with van der Waals surface area (Å²) < 4.78 is 1.82. The number of imide groups is 1. The van der Waals surface area contributed by atoms with Crippen LogP contribution in [-0.2, 0) is 16.1 Å². The molecule has 1 N–H and O–H groups in total. The Balaban J connectivity index is 2.16. The molecule has 0 saturated carbocycles. The number of aromatic nitrogens is 2. The van der Waals surface area contributed by atoms with Crippen molar-refractivity contribution in [2.45, 2.75) is 45.8 Å². The van der Waals surface area contributed by atoms with Crippen LogP contribution in [0.4, 0.5) is 0 Å². The Labute approximate surface area is 112 Å². The third-order valence-corrected chi connectivity index (χ3v) is 3.28. The van der Waals surface area contributed by atoms with Gasteiger partial charge in [-0.05, 0) is 33.8 Å². The highest BCUT2D eigenvalue weighted by Crippen LogP contribution is 2.16. The molecule has 2 rings (SSSR count). The van der Waals surface area contributed by atoms with Crippen LogP contribution in [0.2, 0.25) is 0 Å². The van der Waals surface area contributed by atoms with Gasteiger partial charge in [0.25, 0.3) is 0 Å². The summed E-state index contributed by atoms with van der Waals surface area (Å²) in [5.74, 6) is -0.411. The molecule has 0 atom stereocenters. The number of piperazine rings is 1. The Kier molecular flexibility index (Phi) is 3.45. The first kappa shape index (κ1) is 13.7. The van der Waals surface area contributed by atoms with Crippen LogP contribution in [0.5, 0.6) is 0 Å². The zero-order chi connectivity index (χ0) is 14.2. The van der Waals surface area contributed by atoms with Crippen molar-refractivity contribution in [2.75, 3.05) is 6.54 Å². The van der Waals surface area contributed by atoms with Gasteiger partial charge in [0.05, 0.1) is 24.3 Å². The zero-order valence-corrected chi connectivity index (χ0v) is 11.8. The first-order valence-electron chi connectivity index (χ1n) is 6.45. The number of carbonyl (C=O) groups is 2. The van der Waals surface area contributed by atoms with Crippen molar-refractivity contribution < 1.29 is 9.59 Å². The van der Waals surface area contributed by atoms with E-state index in [1.165, 1.54) is 4.90 Å². The topological polar surface area (TPSA) is 67.2 Å². The lowest BCUT2D eigenvalue weighted by Crippen LogP contribution is -2.63. The third-order valence-electron chi connectivity index (χ3n) is 3.28. The van der Waals surface area contributed by atoms with Crippen molar-refractivity contribution in [1.29, 1.82) is 0 Å². The van der Waals surface area contributed by atoms with E-state index in [1.54, 1.807) is 13.8 Å². The molecule has 1 aromatic heterocycles. The smallest absolute Gasteiger partial charge is 0.249 e. The summed E-state index contributed by atoms with van der Waals surface area (Å²) >= 11 is 0. The number of hydrogen-bond acceptors (Lipinski definition) is 4. The van der Waals surface area contributed by atoms with Gasteiger partial charge >= 0.3 is 0 Å². The van der Waals surface area contributed by atoms with Crippen LogP contribution >= 0.6 is 0 Å². The lowest BCUT2D eigenvalue weighted by Gasteiger charge is -2.36. The Morgan fingerprint density at radius 2 is 2.11 bits per heavy atom. The summed E-state index contributed by atoms with van der Waals surface area (Å²) in [6, 6.07) is 2.11. The van der Waals surface area contributed by atoms with Gasteiger partial charge in [-0.25, -0.2) is 0 Å². The molecular formula is C13H20N4O2. The summed E-state index contributed by atoms with van der Waals surface area (Å²) in [5.41, 5.74) is 0.0298. The summed E-state index contributed by atoms with van der Waals surface area (Å²) in [6.45, 7) is 8.04. The van der Waals surface area contributed by atoms with Gasteiger partial charge in [0.1, 0.15) is 0 Å². The Hall–Kier alpha value is -1.69. The minimum atomic E-state index is -0.700. The molecule has 1 aromatic rings. The van der Waals surface area contributed by atoms with Crippen molar-refractivity contribution in [3.8, 4) is 0 Å². The first-order valence-corrected chi connectivity index (χ1v) is 6.45. The van der Waals surface area contributed by atoms with Crippen LogP contribution in [0.3, 0.4) is 0 Å². The second kappa shape index (κ2) is 4.77. The minimum Gasteiger partial charge on any atom is -0.295 e. The van der Waals surface area contributed by atoms with Gasteiger partial charge in [-0.15, -0.1) is 0 Å². The van der Waals surface area contributed by atoms with Crippen LogP contribution in [0.1, 0.15) is 39.4 Å². The number of nitrogens with zero attached hydrogens (tertiary/aromatic N) is 3. The summed E-state index contributed by atoms with van der Waals surface area (Å²) in [6.07, 6.45) is 1.86. The maximum Gasteiger partial charge on any atom is 0.249 e. The van der Waals surface area contributed by atoms with Gasteiger partial charge in [0, 0.05) is 12.2 Å². The largest absolute Gasteiger partial charge is 0.295 e. The molecule has 0 spiro atoms. The summed E-state index contributed by atoms with van der Waals surface area (Å²) in [5, 5.41) is 7.30. The fourth-order valence-electron chi connectivity index (χ4n) is 1.99. The van der Waals surface area contributed by atoms with E-state index in [9.17, 15) is 9.59 Å². The van der Waals surface area contributed by atoms with Gasteiger partial charge in [0.15, 0.2) is 0 Å². The normalized spacial score (nSPS) is 19.3. The van der Waals surface area contributed by atoms with E-state index in [4.69, 9.17) is 0 Å². The first-order chi connectivity index (χ1) is 8.81. The average Bonchev–Trinajstić information content (AvgIpc) is 2.79. The van der Waals surface area contributed by atoms with E-state index in [2.05, 4.69) is 10.4 Å². The van der Waals surface area contributed by atoms with Gasteiger partial charge in [0.2, 0.25) is 11.8 Å². The summed E-state index contributed by atoms with van der Waals surface area (Å²) in [4.78, 5) is 25.3. The zero-order valence-electron chi connectivity index (χ0n) is 11.8. The Morgan fingerprint density at radius 3 is 2.68 bits per heavy atom. The second-order valence-corrected chi connectivity index (χ2v) is 5.64. The van der Waals surface area contributed by atoms with Crippen LogP contribution in [0, 0.1) is 0 Å². The third kappa shape index (κ3) is 2.68. The number of nitrogens with one attached hydrogen (secondary N) is 1. The molecule has 0 aromatic carbocycles. The van der Waals surface area contributed by atoms with E-state index >= 15 is 0 Å². The lowest BCUT2D eigenvalue weighted by molar-refractivity contribution is -0.153. The highest BCUT2D eigenvalue weighted by atomic mass is 16.2. The molecule has 0 unspecified atom stereocenters. The van der Waals surface area contributed by atoms with E-state index in [1.807, 2.05) is 30.8 Å². The molecule has 2 heterocycles. The van der Waals surface area contributed by atoms with Gasteiger partial charge in [-0.1, -0.05) is 0 Å². The fourth-order valence-corrected chi connectivity index (χ4v) is 1.99. The highest BCUT2D eigenvalue weighted by molar-refractivity contribution is 6.02. The van der Waals surface area contributed by atoms with E-state index in [-0.39, 0.29) is 30.9 Å². The quantitative estimate of drug-likeness (QED) is 0.816. The van der Waals surface area contributed by atoms with Crippen molar-refractivity contribution in [3.05, 3.63) is 18.0 Å². The monoisotopic (exact) mass is 264 g/mol. The van der Waals surface area contributed by atoms with Crippen molar-refractivity contribution in [1.82, 2.24) is 20.0 Å². The van der Waals surface area contributed by atoms with E-state index in [0.29, 0.717) is 0 Å². The fraction of sp³-hybridized carbons (Fsp3) is 0.615. The van der Waals surface area contributed by atoms with Crippen LogP contribution in [0.25, 0.3) is 0 Å². The van der Waals surface area contributed by atoms with Crippen LogP contribution in [-0.4, -0.2) is 38.6 Å². The Bertz CT molecular complexity index is 504. The number of hydrogen-bond donors (Lipinski definition) is 1. The molecule has 2 amide bonds. The molecule has 0 aliphatic carbocycles. The van der Waals surface area contributed by atoms with Gasteiger partial charge in [-0.2, -0.15) is 5.10 Å². The maximum atomic E-state index is 12.2. The van der Waals surface area contributed by atoms with Crippen LogP contribution in [0.15, 0.2) is 12.3 Å². The predicted molar refractivity (Wildman–Crippen MR) is 70.3 cm³/mol. The van der Waals surface area contributed by atoms with Crippen molar-refractivity contribution >= 4 is 11.8 Å². The molecule has 6 heteroatoms. The lowest BCUT2D eigenvalue weighted by atomic mass is 10.0. The second-order valence-electron chi connectivity index (χ2n) is 5.64. The van der Waals surface area contributed by atoms with E-state index < -0.39 is 5.54 Å². The van der Waals surface area contributed by atoms with Crippen LogP contribution < -0.4 is 5.32 Å². The molecule has 104 valence electrons. The number of carbonyl (C=O) groups excluding carboxylic acids is 2. The SMILES string of the molecule is CC(C)n1ccc(CN2C(=O)CNC(C)(C)C2=O)n1. The minimum absolute atomic E-state index is 0.184. The summed E-state index contributed by atoms with van der Waals surface area (Å²) in [7, 11) is 0. The number of amides is 2. The molecule has 1 saturated heterocycles. The molecule has 19 heavy (non-hydrogen) atoms. The van der Waals surface area contributed by atoms with Crippen molar-refractivity contribution in [2.24, 2.45) is 0 Å². The number of rotatable bonds is 3. The standard InChI is InChI=1S/C13H20N4O2/c1-9(2)17-6-5-10(15-17)8-16-11(18)7-14-13(3,4)12(16)19/h5-6,9,14H,7-8H2,1-4H3. The average molecular weight is 264 g/mol. The highest BCUT2D eigenvalue weighted by Gasteiger charge is 2.39. The molecule has 6 nitrogen and oxygen atoms in total. The molecular weight excluding hydrogens is 244 g/mol. The molecule has 0 radical (unpaired) electrons. The predicted octanol–water partition coefficient (Wildman–Crippen LogP) is 0.701. The van der Waals surface area contributed by atoms with E-state index in [0.717, 1.165) is 5.69 Å². The Morgan fingerprint density at radius 1 is 1.42 bits per heavy atom. The molecule has 1 fully saturated rings. The molecule has 0 bridgehead atoms. The molecule has 1 aliphatic rings. The van der Waals surface area contributed by atoms with Gasteiger partial charge < -0.3 is 0 Å². The van der Waals surface area contributed by atoms with Gasteiger partial charge in [-0.3, -0.25) is 24.5 Å².